The number of benzene rings is 1. The molecule has 2 N–H and O–H groups in total. The summed E-state index contributed by atoms with van der Waals surface area (Å²) in [5.41, 5.74) is 8.41. The number of fused-ring (bicyclic) bond motifs is 1. The topological polar surface area (TPSA) is 48.1 Å². The third-order valence-corrected chi connectivity index (χ3v) is 4.14. The van der Waals surface area contributed by atoms with E-state index in [1.165, 1.54) is 10.9 Å². The number of rotatable bonds is 6. The summed E-state index contributed by atoms with van der Waals surface area (Å²) in [6, 6.07) is 10.2. The van der Waals surface area contributed by atoms with Gasteiger partial charge in [0.1, 0.15) is 0 Å². The van der Waals surface area contributed by atoms with Crippen LogP contribution in [0.1, 0.15) is 32.8 Å². The number of aromatic nitrogens is 1. The first-order valence-electron chi connectivity index (χ1n) is 7.33. The highest BCUT2D eigenvalue weighted by atomic mass is 16.5. The van der Waals surface area contributed by atoms with Gasteiger partial charge in [-0.2, -0.15) is 0 Å². The number of para-hydroxylation sites is 1. The van der Waals surface area contributed by atoms with E-state index in [0.717, 1.165) is 18.4 Å². The highest BCUT2D eigenvalue weighted by Crippen LogP contribution is 2.24. The third kappa shape index (κ3) is 3.00. The summed E-state index contributed by atoms with van der Waals surface area (Å²) < 4.78 is 5.88. The first-order valence-corrected chi connectivity index (χ1v) is 7.33. The van der Waals surface area contributed by atoms with Gasteiger partial charge in [0.2, 0.25) is 0 Å². The summed E-state index contributed by atoms with van der Waals surface area (Å²) in [7, 11) is 0. The van der Waals surface area contributed by atoms with Gasteiger partial charge in [-0.3, -0.25) is 4.98 Å². The van der Waals surface area contributed by atoms with Crippen molar-refractivity contribution in [2.45, 2.75) is 45.3 Å². The van der Waals surface area contributed by atoms with Gasteiger partial charge in [-0.25, -0.2) is 0 Å². The van der Waals surface area contributed by atoms with Gasteiger partial charge in [0, 0.05) is 24.2 Å². The lowest BCUT2D eigenvalue weighted by molar-refractivity contribution is -0.0460. The summed E-state index contributed by atoms with van der Waals surface area (Å²) >= 11 is 0. The predicted octanol–water partition coefficient (Wildman–Crippen LogP) is 3.31. The second-order valence-corrected chi connectivity index (χ2v) is 5.40. The number of hydrogen-bond donors (Lipinski definition) is 1. The van der Waals surface area contributed by atoms with Crippen LogP contribution in [0.2, 0.25) is 0 Å². The van der Waals surface area contributed by atoms with Gasteiger partial charge in [0.25, 0.3) is 0 Å². The number of hydrogen-bond acceptors (Lipinski definition) is 3. The van der Waals surface area contributed by atoms with Gasteiger partial charge in [-0.05, 0) is 44.4 Å². The van der Waals surface area contributed by atoms with E-state index in [1.54, 1.807) is 0 Å². The zero-order valence-corrected chi connectivity index (χ0v) is 12.6. The summed E-state index contributed by atoms with van der Waals surface area (Å²) in [6.45, 7) is 6.93. The van der Waals surface area contributed by atoms with Crippen molar-refractivity contribution in [2.75, 3.05) is 6.61 Å². The van der Waals surface area contributed by atoms with Gasteiger partial charge < -0.3 is 10.5 Å². The number of ether oxygens (including phenoxy) is 1. The van der Waals surface area contributed by atoms with E-state index < -0.39 is 0 Å². The Hall–Kier alpha value is -1.45. The van der Waals surface area contributed by atoms with Crippen LogP contribution in [-0.2, 0) is 11.2 Å². The Bertz CT molecular complexity index is 564. The van der Waals surface area contributed by atoms with Crippen molar-refractivity contribution < 1.29 is 4.74 Å². The Morgan fingerprint density at radius 3 is 2.70 bits per heavy atom. The molecular formula is C17H24N2O. The van der Waals surface area contributed by atoms with Crippen molar-refractivity contribution in [2.24, 2.45) is 5.73 Å². The molecule has 3 heteroatoms. The number of nitrogens with two attached hydrogens (primary N) is 1. The first-order chi connectivity index (χ1) is 9.60. The fourth-order valence-electron chi connectivity index (χ4n) is 2.59. The van der Waals surface area contributed by atoms with Crippen molar-refractivity contribution in [3.63, 3.8) is 0 Å². The SMILES string of the molecule is CCOC(C)(CC)C(N)Cc1ccnc2ccccc12. The molecule has 0 amide bonds. The fourth-order valence-corrected chi connectivity index (χ4v) is 2.59. The molecule has 0 aliphatic carbocycles. The molecule has 0 fully saturated rings. The Balaban J connectivity index is 2.27. The lowest BCUT2D eigenvalue weighted by Gasteiger charge is -2.34. The fraction of sp³-hybridized carbons (Fsp3) is 0.471. The molecule has 0 spiro atoms. The molecule has 0 radical (unpaired) electrons. The van der Waals surface area contributed by atoms with E-state index in [-0.39, 0.29) is 11.6 Å². The highest BCUT2D eigenvalue weighted by molar-refractivity contribution is 5.81. The summed E-state index contributed by atoms with van der Waals surface area (Å²) in [5.74, 6) is 0. The number of nitrogens with zero attached hydrogens (tertiary/aromatic N) is 1. The monoisotopic (exact) mass is 272 g/mol. The van der Waals surface area contributed by atoms with E-state index in [2.05, 4.69) is 31.0 Å². The molecule has 0 saturated carbocycles. The third-order valence-electron chi connectivity index (χ3n) is 4.14. The maximum Gasteiger partial charge on any atom is 0.0805 e. The Kier molecular flexibility index (Phi) is 4.73. The van der Waals surface area contributed by atoms with Crippen molar-refractivity contribution in [1.82, 2.24) is 4.98 Å². The van der Waals surface area contributed by atoms with Crippen LogP contribution in [0, 0.1) is 0 Å². The minimum atomic E-state index is -0.279. The van der Waals surface area contributed by atoms with E-state index in [0.29, 0.717) is 6.61 Å². The van der Waals surface area contributed by atoms with Crippen LogP contribution in [0.3, 0.4) is 0 Å². The lowest BCUT2D eigenvalue weighted by Crippen LogP contribution is -2.48. The minimum absolute atomic E-state index is 0.0294. The molecule has 0 aliphatic heterocycles. The molecule has 2 aromatic rings. The van der Waals surface area contributed by atoms with E-state index in [9.17, 15) is 0 Å². The quantitative estimate of drug-likeness (QED) is 0.877. The predicted molar refractivity (Wildman–Crippen MR) is 83.7 cm³/mol. The molecule has 1 aromatic heterocycles. The highest BCUT2D eigenvalue weighted by Gasteiger charge is 2.30. The summed E-state index contributed by atoms with van der Waals surface area (Å²) in [4.78, 5) is 4.40. The smallest absolute Gasteiger partial charge is 0.0805 e. The van der Waals surface area contributed by atoms with Gasteiger partial charge in [-0.15, -0.1) is 0 Å². The molecule has 20 heavy (non-hydrogen) atoms. The molecule has 1 aromatic carbocycles. The van der Waals surface area contributed by atoms with Crippen LogP contribution in [0.15, 0.2) is 36.5 Å². The first kappa shape index (κ1) is 14.9. The second kappa shape index (κ2) is 6.33. The Morgan fingerprint density at radius 1 is 1.25 bits per heavy atom. The molecule has 2 rings (SSSR count). The zero-order chi connectivity index (χ0) is 14.6. The maximum atomic E-state index is 6.43. The van der Waals surface area contributed by atoms with Crippen molar-refractivity contribution in [1.29, 1.82) is 0 Å². The van der Waals surface area contributed by atoms with Crippen molar-refractivity contribution >= 4 is 10.9 Å². The van der Waals surface area contributed by atoms with Gasteiger partial charge in [0.05, 0.1) is 11.1 Å². The molecule has 108 valence electrons. The van der Waals surface area contributed by atoms with E-state index in [4.69, 9.17) is 10.5 Å². The molecule has 1 heterocycles. The second-order valence-electron chi connectivity index (χ2n) is 5.40. The molecule has 2 atom stereocenters. The van der Waals surface area contributed by atoms with E-state index in [1.807, 2.05) is 31.3 Å². The molecule has 3 nitrogen and oxygen atoms in total. The molecular weight excluding hydrogens is 248 g/mol. The van der Waals surface area contributed by atoms with Crippen molar-refractivity contribution in [3.8, 4) is 0 Å². The zero-order valence-electron chi connectivity index (χ0n) is 12.6. The molecule has 0 aliphatic rings. The molecule has 0 bridgehead atoms. The maximum absolute atomic E-state index is 6.43. The van der Waals surface area contributed by atoms with Crippen LogP contribution in [0.25, 0.3) is 10.9 Å². The molecule has 2 unspecified atom stereocenters. The minimum Gasteiger partial charge on any atom is -0.374 e. The Labute approximate surface area is 121 Å². The average Bonchev–Trinajstić information content (AvgIpc) is 2.47. The average molecular weight is 272 g/mol. The lowest BCUT2D eigenvalue weighted by atomic mass is 9.88. The Morgan fingerprint density at radius 2 is 2.00 bits per heavy atom. The number of pyridine rings is 1. The summed E-state index contributed by atoms with van der Waals surface area (Å²) in [6.07, 6.45) is 3.56. The molecule has 0 saturated heterocycles. The van der Waals surface area contributed by atoms with Gasteiger partial charge in [0.15, 0.2) is 0 Å². The van der Waals surface area contributed by atoms with Crippen molar-refractivity contribution in [3.05, 3.63) is 42.1 Å². The van der Waals surface area contributed by atoms with Gasteiger partial charge >= 0.3 is 0 Å². The van der Waals surface area contributed by atoms with Crippen LogP contribution in [0.5, 0.6) is 0 Å². The van der Waals surface area contributed by atoms with Gasteiger partial charge in [-0.1, -0.05) is 25.1 Å². The normalized spacial score (nSPS) is 16.0. The van der Waals surface area contributed by atoms with E-state index >= 15 is 0 Å². The van der Waals surface area contributed by atoms with Crippen LogP contribution >= 0.6 is 0 Å². The standard InChI is InChI=1S/C17H24N2O/c1-4-17(3,20-5-2)16(18)12-13-10-11-19-15-9-7-6-8-14(13)15/h6-11,16H,4-5,12,18H2,1-3H3. The van der Waals surface area contributed by atoms with Crippen LogP contribution < -0.4 is 5.73 Å². The largest absolute Gasteiger partial charge is 0.374 e. The van der Waals surface area contributed by atoms with Crippen LogP contribution in [-0.4, -0.2) is 23.2 Å². The summed E-state index contributed by atoms with van der Waals surface area (Å²) in [5, 5.41) is 1.18. The van der Waals surface area contributed by atoms with Crippen LogP contribution in [0.4, 0.5) is 0 Å².